The third kappa shape index (κ3) is 1.73. The summed E-state index contributed by atoms with van der Waals surface area (Å²) in [7, 11) is 0. The highest BCUT2D eigenvalue weighted by molar-refractivity contribution is 7.14. The number of rotatable bonds is 2. The van der Waals surface area contributed by atoms with Crippen molar-refractivity contribution in [2.24, 2.45) is 0 Å². The minimum absolute atomic E-state index is 0.400. The van der Waals surface area contributed by atoms with Gasteiger partial charge in [0.25, 0.3) is 0 Å². The van der Waals surface area contributed by atoms with E-state index in [1.165, 1.54) is 11.3 Å². The van der Waals surface area contributed by atoms with Gasteiger partial charge < -0.3 is 4.42 Å². The van der Waals surface area contributed by atoms with Gasteiger partial charge in [0.2, 0.25) is 0 Å². The number of halogens is 1. The molecule has 0 N–H and O–H groups in total. The van der Waals surface area contributed by atoms with Gasteiger partial charge in [-0.25, -0.2) is 0 Å². The molecule has 0 fully saturated rings. The van der Waals surface area contributed by atoms with Crippen LogP contribution in [0.25, 0.3) is 10.8 Å². The molecule has 13 heavy (non-hydrogen) atoms. The quantitative estimate of drug-likeness (QED) is 0.722. The fraction of sp³-hybridized carbons (Fsp3) is 0.250. The lowest BCUT2D eigenvalue weighted by atomic mass is 10.4. The molecule has 0 atom stereocenters. The predicted octanol–water partition coefficient (Wildman–Crippen LogP) is 2.85. The summed E-state index contributed by atoms with van der Waals surface area (Å²) in [6.45, 7) is 1.90. The van der Waals surface area contributed by atoms with Gasteiger partial charge in [-0.15, -0.1) is 21.8 Å². The van der Waals surface area contributed by atoms with Gasteiger partial charge in [-0.1, -0.05) is 11.3 Å². The number of aryl methyl sites for hydroxylation is 1. The summed E-state index contributed by atoms with van der Waals surface area (Å²) in [5.41, 5.74) is 0. The number of furan rings is 1. The van der Waals surface area contributed by atoms with Crippen molar-refractivity contribution in [1.29, 1.82) is 0 Å². The van der Waals surface area contributed by atoms with Crippen LogP contribution in [0.15, 0.2) is 16.5 Å². The van der Waals surface area contributed by atoms with E-state index in [1.54, 1.807) is 0 Å². The van der Waals surface area contributed by atoms with Gasteiger partial charge in [0, 0.05) is 0 Å². The second kappa shape index (κ2) is 3.47. The Bertz CT molecular complexity index is 410. The molecule has 0 amide bonds. The van der Waals surface area contributed by atoms with Crippen LogP contribution in [0.5, 0.6) is 0 Å². The standard InChI is InChI=1S/C8H7ClN2OS/c1-5-2-3-6(12-5)8-11-10-7(4-9)13-8/h2-3H,4H2,1H3. The zero-order valence-electron chi connectivity index (χ0n) is 6.95. The maximum Gasteiger partial charge on any atom is 0.183 e. The molecule has 2 heterocycles. The number of alkyl halides is 1. The number of hydrogen-bond donors (Lipinski definition) is 0. The molecule has 0 aliphatic rings. The summed E-state index contributed by atoms with van der Waals surface area (Å²) in [5.74, 6) is 2.03. The molecule has 0 aliphatic heterocycles. The lowest BCUT2D eigenvalue weighted by Crippen LogP contribution is -1.74. The third-order valence-corrected chi connectivity index (χ3v) is 2.88. The predicted molar refractivity (Wildman–Crippen MR) is 51.9 cm³/mol. The summed E-state index contributed by atoms with van der Waals surface area (Å²) in [5, 5.41) is 9.45. The fourth-order valence-corrected chi connectivity index (χ4v) is 1.83. The first-order valence-corrected chi connectivity index (χ1v) is 5.10. The topological polar surface area (TPSA) is 38.9 Å². The van der Waals surface area contributed by atoms with Crippen LogP contribution in [0, 0.1) is 6.92 Å². The molecule has 2 aromatic rings. The molecule has 0 unspecified atom stereocenters. The molecule has 2 aromatic heterocycles. The number of nitrogens with zero attached hydrogens (tertiary/aromatic N) is 2. The lowest BCUT2D eigenvalue weighted by Gasteiger charge is -1.85. The van der Waals surface area contributed by atoms with Crippen molar-refractivity contribution in [3.63, 3.8) is 0 Å². The molecule has 0 spiro atoms. The molecular formula is C8H7ClN2OS. The van der Waals surface area contributed by atoms with Gasteiger partial charge in [-0.3, -0.25) is 0 Å². The third-order valence-electron chi connectivity index (χ3n) is 1.53. The van der Waals surface area contributed by atoms with Crippen molar-refractivity contribution in [3.8, 4) is 10.8 Å². The van der Waals surface area contributed by atoms with Crippen molar-refractivity contribution in [2.45, 2.75) is 12.8 Å². The summed E-state index contributed by atoms with van der Waals surface area (Å²) in [6.07, 6.45) is 0. The molecule has 0 saturated heterocycles. The molecule has 68 valence electrons. The zero-order valence-corrected chi connectivity index (χ0v) is 8.52. The van der Waals surface area contributed by atoms with Gasteiger partial charge >= 0.3 is 0 Å². The van der Waals surface area contributed by atoms with Crippen molar-refractivity contribution in [1.82, 2.24) is 10.2 Å². The highest BCUT2D eigenvalue weighted by Crippen LogP contribution is 2.25. The first kappa shape index (κ1) is 8.72. The minimum Gasteiger partial charge on any atom is -0.459 e. The van der Waals surface area contributed by atoms with Gasteiger partial charge in [-0.2, -0.15) is 0 Å². The van der Waals surface area contributed by atoms with Gasteiger partial charge in [-0.05, 0) is 19.1 Å². The second-order valence-corrected chi connectivity index (χ2v) is 3.87. The van der Waals surface area contributed by atoms with E-state index in [0.29, 0.717) is 5.88 Å². The summed E-state index contributed by atoms with van der Waals surface area (Å²) in [4.78, 5) is 0. The van der Waals surface area contributed by atoms with E-state index in [2.05, 4.69) is 10.2 Å². The Balaban J connectivity index is 2.35. The van der Waals surface area contributed by atoms with Gasteiger partial charge in [0.1, 0.15) is 10.8 Å². The molecule has 3 nitrogen and oxygen atoms in total. The highest BCUT2D eigenvalue weighted by Gasteiger charge is 2.08. The van der Waals surface area contributed by atoms with E-state index in [0.717, 1.165) is 21.5 Å². The Morgan fingerprint density at radius 3 is 2.85 bits per heavy atom. The van der Waals surface area contributed by atoms with E-state index >= 15 is 0 Å². The van der Waals surface area contributed by atoms with E-state index in [-0.39, 0.29) is 0 Å². The monoisotopic (exact) mass is 214 g/mol. The molecule has 5 heteroatoms. The zero-order chi connectivity index (χ0) is 9.26. The smallest absolute Gasteiger partial charge is 0.183 e. The molecule has 2 rings (SSSR count). The van der Waals surface area contributed by atoms with Gasteiger partial charge in [0.15, 0.2) is 10.8 Å². The lowest BCUT2D eigenvalue weighted by molar-refractivity contribution is 0.547. The largest absolute Gasteiger partial charge is 0.459 e. The Morgan fingerprint density at radius 2 is 2.31 bits per heavy atom. The maximum absolute atomic E-state index is 5.61. The minimum atomic E-state index is 0.400. The van der Waals surface area contributed by atoms with E-state index < -0.39 is 0 Å². The average molecular weight is 215 g/mol. The maximum atomic E-state index is 5.61. The summed E-state index contributed by atoms with van der Waals surface area (Å²) < 4.78 is 5.39. The summed E-state index contributed by atoms with van der Waals surface area (Å²) in [6, 6.07) is 3.78. The number of hydrogen-bond acceptors (Lipinski definition) is 4. The fourth-order valence-electron chi connectivity index (χ4n) is 0.957. The van der Waals surface area contributed by atoms with Crippen molar-refractivity contribution >= 4 is 22.9 Å². The van der Waals surface area contributed by atoms with Crippen LogP contribution in [0.1, 0.15) is 10.8 Å². The van der Waals surface area contributed by atoms with Crippen molar-refractivity contribution in [3.05, 3.63) is 22.9 Å². The first-order valence-electron chi connectivity index (χ1n) is 3.75. The Kier molecular flexibility index (Phi) is 2.33. The molecule has 0 aliphatic carbocycles. The SMILES string of the molecule is Cc1ccc(-c2nnc(CCl)s2)o1. The first-order chi connectivity index (χ1) is 6.29. The normalized spacial score (nSPS) is 10.6. The molecule has 0 aromatic carbocycles. The van der Waals surface area contributed by atoms with Crippen LogP contribution in [0.2, 0.25) is 0 Å². The van der Waals surface area contributed by atoms with E-state index in [9.17, 15) is 0 Å². The van der Waals surface area contributed by atoms with Crippen LogP contribution in [-0.2, 0) is 5.88 Å². The van der Waals surface area contributed by atoms with Crippen LogP contribution >= 0.6 is 22.9 Å². The second-order valence-electron chi connectivity index (χ2n) is 2.54. The molecule has 0 bridgehead atoms. The molecule has 0 saturated carbocycles. The van der Waals surface area contributed by atoms with Crippen LogP contribution in [-0.4, -0.2) is 10.2 Å². The van der Waals surface area contributed by atoms with Gasteiger partial charge in [0.05, 0.1) is 5.88 Å². The molecular weight excluding hydrogens is 208 g/mol. The van der Waals surface area contributed by atoms with E-state index in [1.807, 2.05) is 19.1 Å². The van der Waals surface area contributed by atoms with E-state index in [4.69, 9.17) is 16.0 Å². The Morgan fingerprint density at radius 1 is 1.46 bits per heavy atom. The number of aromatic nitrogens is 2. The van der Waals surface area contributed by atoms with Crippen molar-refractivity contribution < 1.29 is 4.42 Å². The summed E-state index contributed by atoms with van der Waals surface area (Å²) >= 11 is 7.06. The highest BCUT2D eigenvalue weighted by atomic mass is 35.5. The van der Waals surface area contributed by atoms with Crippen LogP contribution in [0.4, 0.5) is 0 Å². The van der Waals surface area contributed by atoms with Crippen molar-refractivity contribution in [2.75, 3.05) is 0 Å². The van der Waals surface area contributed by atoms with Crippen LogP contribution in [0.3, 0.4) is 0 Å². The molecule has 0 radical (unpaired) electrons. The average Bonchev–Trinajstić information content (AvgIpc) is 2.71. The van der Waals surface area contributed by atoms with Crippen LogP contribution < -0.4 is 0 Å². The Labute approximate surface area is 84.4 Å². The Hall–Kier alpha value is -0.870.